The number of esters is 2. The van der Waals surface area contributed by atoms with Crippen LogP contribution in [0.2, 0.25) is 0 Å². The van der Waals surface area contributed by atoms with Gasteiger partial charge >= 0.3 is 11.9 Å². The molecule has 9 heteroatoms. The summed E-state index contributed by atoms with van der Waals surface area (Å²) in [5, 5.41) is 15.1. The second-order valence-electron chi connectivity index (χ2n) is 8.27. The molecule has 2 aromatic carbocycles. The highest BCUT2D eigenvalue weighted by Gasteiger charge is 2.44. The molecule has 0 radical (unpaired) electrons. The molecule has 3 atom stereocenters. The molecule has 184 valence electrons. The number of nitro groups is 1. The van der Waals surface area contributed by atoms with Crippen LogP contribution < -0.4 is 5.32 Å². The molecule has 1 heterocycles. The Morgan fingerprint density at radius 3 is 2.43 bits per heavy atom. The van der Waals surface area contributed by atoms with Crippen molar-refractivity contribution < 1.29 is 24.0 Å². The van der Waals surface area contributed by atoms with Crippen LogP contribution in [0, 0.1) is 16.0 Å². The molecular weight excluding hydrogens is 450 g/mol. The third kappa shape index (κ3) is 5.81. The summed E-state index contributed by atoms with van der Waals surface area (Å²) in [7, 11) is 1.23. The number of hydrogen-bond acceptors (Lipinski definition) is 8. The molecule has 0 bridgehead atoms. The zero-order chi connectivity index (χ0) is 25.5. The number of carbonyl (C=O) groups excluding carboxylic acids is 2. The maximum atomic E-state index is 13.3. The molecule has 9 nitrogen and oxygen atoms in total. The summed E-state index contributed by atoms with van der Waals surface area (Å²) in [6, 6.07) is 16.0. The maximum Gasteiger partial charge on any atom is 0.336 e. The number of rotatable bonds is 9. The van der Waals surface area contributed by atoms with Gasteiger partial charge in [0.05, 0.1) is 17.6 Å². The fraction of sp³-hybridized carbons (Fsp3) is 0.346. The van der Waals surface area contributed by atoms with Crippen LogP contribution in [-0.2, 0) is 19.1 Å². The van der Waals surface area contributed by atoms with Crippen LogP contribution in [0.4, 0.5) is 5.69 Å². The van der Waals surface area contributed by atoms with Gasteiger partial charge in [0.1, 0.15) is 12.5 Å². The van der Waals surface area contributed by atoms with Crippen molar-refractivity contribution in [1.29, 1.82) is 0 Å². The van der Waals surface area contributed by atoms with Crippen LogP contribution in [-0.4, -0.2) is 42.8 Å². The minimum absolute atomic E-state index is 0.0567. The van der Waals surface area contributed by atoms with E-state index in [1.807, 2.05) is 37.3 Å². The summed E-state index contributed by atoms with van der Waals surface area (Å²) in [4.78, 5) is 41.6. The van der Waals surface area contributed by atoms with Gasteiger partial charge in [-0.15, -0.1) is 0 Å². The highest BCUT2D eigenvalue weighted by Crippen LogP contribution is 2.43. The minimum Gasteiger partial charge on any atom is -0.468 e. The molecule has 1 aliphatic heterocycles. The van der Waals surface area contributed by atoms with Crippen molar-refractivity contribution in [3.05, 3.63) is 87.1 Å². The van der Waals surface area contributed by atoms with Crippen LogP contribution in [0.15, 0.2) is 70.9 Å². The first kappa shape index (κ1) is 25.8. The molecule has 35 heavy (non-hydrogen) atoms. The normalized spacial score (nSPS) is 18.5. The van der Waals surface area contributed by atoms with E-state index < -0.39 is 28.7 Å². The van der Waals surface area contributed by atoms with Crippen molar-refractivity contribution in [1.82, 2.24) is 5.32 Å². The van der Waals surface area contributed by atoms with E-state index in [0.717, 1.165) is 5.56 Å². The number of ether oxygens (including phenoxy) is 2. The molecule has 0 spiro atoms. The Kier molecular flexibility index (Phi) is 8.48. The monoisotopic (exact) mass is 479 g/mol. The van der Waals surface area contributed by atoms with Gasteiger partial charge in [-0.25, -0.2) is 4.79 Å². The lowest BCUT2D eigenvalue weighted by molar-refractivity contribution is -0.385. The predicted molar refractivity (Wildman–Crippen MR) is 131 cm³/mol. The van der Waals surface area contributed by atoms with Crippen LogP contribution in [0.3, 0.4) is 0 Å². The molecule has 0 saturated heterocycles. The maximum absolute atomic E-state index is 13.3. The quantitative estimate of drug-likeness (QED) is 0.249. The van der Waals surface area contributed by atoms with Gasteiger partial charge in [-0.1, -0.05) is 48.5 Å². The fourth-order valence-electron chi connectivity index (χ4n) is 4.34. The van der Waals surface area contributed by atoms with E-state index in [-0.39, 0.29) is 29.5 Å². The first-order valence-electron chi connectivity index (χ1n) is 11.3. The summed E-state index contributed by atoms with van der Waals surface area (Å²) < 4.78 is 10.5. The summed E-state index contributed by atoms with van der Waals surface area (Å²) in [5.74, 6) is -3.27. The Balaban J connectivity index is 1.86. The van der Waals surface area contributed by atoms with Crippen molar-refractivity contribution in [3.8, 4) is 0 Å². The number of nitro benzene ring substituents is 1. The lowest BCUT2D eigenvalue weighted by Crippen LogP contribution is -2.36. The van der Waals surface area contributed by atoms with E-state index in [1.165, 1.54) is 19.2 Å². The standard InChI is InChI=1S/C26H29N3O6/c1-16(19-10-6-5-7-11-19)27-14-15-35-26(31)23-18(3)28-17(2)22(25(30)34-4)24(23)20-12-8-9-13-21(20)29(32)33/h5-13,16,22,24,27H,14-15H2,1-4H3. The number of allylic oxidation sites excluding steroid dienone is 1. The van der Waals surface area contributed by atoms with Gasteiger partial charge in [0, 0.05) is 41.5 Å². The number of benzene rings is 2. The zero-order valence-electron chi connectivity index (χ0n) is 20.2. The number of para-hydroxylation sites is 1. The van der Waals surface area contributed by atoms with Crippen LogP contribution >= 0.6 is 0 Å². The molecule has 0 saturated carbocycles. The minimum atomic E-state index is -0.997. The average Bonchev–Trinajstić information content (AvgIpc) is 2.85. The van der Waals surface area contributed by atoms with Gasteiger partial charge in [0.25, 0.3) is 5.69 Å². The zero-order valence-corrected chi connectivity index (χ0v) is 20.2. The molecule has 0 amide bonds. The van der Waals surface area contributed by atoms with Gasteiger partial charge < -0.3 is 14.8 Å². The van der Waals surface area contributed by atoms with Crippen LogP contribution in [0.1, 0.15) is 43.9 Å². The number of aliphatic imine (C=N–C) groups is 1. The third-order valence-corrected chi connectivity index (χ3v) is 6.06. The molecule has 0 aliphatic carbocycles. The Hall–Kier alpha value is -3.85. The van der Waals surface area contributed by atoms with Crippen LogP contribution in [0.25, 0.3) is 0 Å². The smallest absolute Gasteiger partial charge is 0.336 e. The highest BCUT2D eigenvalue weighted by atomic mass is 16.6. The van der Waals surface area contributed by atoms with E-state index >= 15 is 0 Å². The lowest BCUT2D eigenvalue weighted by Gasteiger charge is -2.31. The largest absolute Gasteiger partial charge is 0.468 e. The number of nitrogens with one attached hydrogen (secondary N) is 1. The molecule has 2 aromatic rings. The highest BCUT2D eigenvalue weighted by molar-refractivity contribution is 6.07. The lowest BCUT2D eigenvalue weighted by atomic mass is 9.75. The topological polar surface area (TPSA) is 120 Å². The van der Waals surface area contributed by atoms with Gasteiger partial charge in [-0.05, 0) is 26.3 Å². The molecule has 3 rings (SSSR count). The second-order valence-corrected chi connectivity index (χ2v) is 8.27. The average molecular weight is 480 g/mol. The van der Waals surface area contributed by atoms with E-state index in [1.54, 1.807) is 26.0 Å². The van der Waals surface area contributed by atoms with Crippen molar-refractivity contribution in [2.24, 2.45) is 10.9 Å². The summed E-state index contributed by atoms with van der Waals surface area (Å²) in [6.45, 7) is 5.75. The Bertz CT molecular complexity index is 1160. The molecule has 1 aliphatic rings. The first-order chi connectivity index (χ1) is 16.8. The second kappa shape index (κ2) is 11.5. The van der Waals surface area contributed by atoms with Crippen molar-refractivity contribution in [2.75, 3.05) is 20.3 Å². The molecule has 1 N–H and O–H groups in total. The summed E-state index contributed by atoms with van der Waals surface area (Å²) in [6.07, 6.45) is 0. The number of methoxy groups -OCH3 is 1. The van der Waals surface area contributed by atoms with Gasteiger partial charge in [-0.2, -0.15) is 0 Å². The number of nitrogens with zero attached hydrogens (tertiary/aromatic N) is 2. The van der Waals surface area contributed by atoms with Crippen molar-refractivity contribution in [3.63, 3.8) is 0 Å². The molecule has 3 unspecified atom stereocenters. The Morgan fingerprint density at radius 2 is 1.77 bits per heavy atom. The summed E-state index contributed by atoms with van der Waals surface area (Å²) in [5.41, 5.74) is 2.00. The van der Waals surface area contributed by atoms with Crippen LogP contribution in [0.5, 0.6) is 0 Å². The van der Waals surface area contributed by atoms with Gasteiger partial charge in [-0.3, -0.25) is 19.9 Å². The molecule has 0 fully saturated rings. The van der Waals surface area contributed by atoms with Gasteiger partial charge in [0.2, 0.25) is 0 Å². The Labute approximate surface area is 204 Å². The Morgan fingerprint density at radius 1 is 1.11 bits per heavy atom. The van der Waals surface area contributed by atoms with Gasteiger partial charge in [0.15, 0.2) is 0 Å². The molecule has 0 aromatic heterocycles. The predicted octanol–water partition coefficient (Wildman–Crippen LogP) is 4.11. The summed E-state index contributed by atoms with van der Waals surface area (Å²) >= 11 is 0. The SMILES string of the molecule is COC(=O)C1C(C)=NC(C)=C(C(=O)OCCNC(C)c2ccccc2)C1c1ccccc1[N+](=O)[O-]. The van der Waals surface area contributed by atoms with E-state index in [4.69, 9.17) is 9.47 Å². The number of carbonyl (C=O) groups is 2. The number of hydrogen-bond donors (Lipinski definition) is 1. The molecular formula is C26H29N3O6. The fourth-order valence-corrected chi connectivity index (χ4v) is 4.34. The van der Waals surface area contributed by atoms with E-state index in [9.17, 15) is 19.7 Å². The van der Waals surface area contributed by atoms with Crippen molar-refractivity contribution >= 4 is 23.3 Å². The first-order valence-corrected chi connectivity index (χ1v) is 11.3. The third-order valence-electron chi connectivity index (χ3n) is 6.06. The van der Waals surface area contributed by atoms with Crippen molar-refractivity contribution in [2.45, 2.75) is 32.7 Å². The van der Waals surface area contributed by atoms with E-state index in [0.29, 0.717) is 18.0 Å². The van der Waals surface area contributed by atoms with E-state index in [2.05, 4.69) is 10.3 Å².